The predicted molar refractivity (Wildman–Crippen MR) is 76.7 cm³/mol. The number of benzene rings is 2. The Balaban J connectivity index is 2.11. The summed E-state index contributed by atoms with van der Waals surface area (Å²) in [6, 6.07) is 14.5. The van der Waals surface area contributed by atoms with Crippen LogP contribution in [0.3, 0.4) is 0 Å². The van der Waals surface area contributed by atoms with Gasteiger partial charge in [0.05, 0.1) is 11.6 Å². The second-order valence-electron chi connectivity index (χ2n) is 4.42. The fourth-order valence-corrected chi connectivity index (χ4v) is 1.95. The number of carbonyl (C=O) groups excluding carboxylic acids is 1. The van der Waals surface area contributed by atoms with Crippen molar-refractivity contribution in [2.45, 2.75) is 13.8 Å². The maximum absolute atomic E-state index is 11.8. The van der Waals surface area contributed by atoms with Crippen LogP contribution in [0.15, 0.2) is 42.5 Å². The van der Waals surface area contributed by atoms with Gasteiger partial charge in [-0.15, -0.1) is 0 Å². The third kappa shape index (κ3) is 3.15. The summed E-state index contributed by atoms with van der Waals surface area (Å²) in [5.74, 6) is 0.479. The average molecular weight is 266 g/mol. The number of hydrogen-bond donors (Lipinski definition) is 1. The van der Waals surface area contributed by atoms with E-state index in [1.54, 1.807) is 36.4 Å². The number of amides is 1. The van der Waals surface area contributed by atoms with Gasteiger partial charge in [0.15, 0.2) is 0 Å². The van der Waals surface area contributed by atoms with Gasteiger partial charge in [-0.2, -0.15) is 5.26 Å². The summed E-state index contributed by atoms with van der Waals surface area (Å²) in [6.07, 6.45) is -0.556. The summed E-state index contributed by atoms with van der Waals surface area (Å²) < 4.78 is 5.14. The molecular formula is C16H14N2O2. The highest BCUT2D eigenvalue weighted by atomic mass is 16.6. The van der Waals surface area contributed by atoms with Gasteiger partial charge < -0.3 is 4.74 Å². The lowest BCUT2D eigenvalue weighted by atomic mass is 10.0. The number of anilines is 1. The Morgan fingerprint density at radius 3 is 2.30 bits per heavy atom. The molecular weight excluding hydrogens is 252 g/mol. The van der Waals surface area contributed by atoms with Crippen LogP contribution in [0.1, 0.15) is 16.7 Å². The first-order chi connectivity index (χ1) is 9.60. The number of nitriles is 1. The molecule has 4 heteroatoms. The zero-order chi connectivity index (χ0) is 14.5. The van der Waals surface area contributed by atoms with Crippen LogP contribution in [0.2, 0.25) is 0 Å². The Kier molecular flexibility index (Phi) is 4.02. The lowest BCUT2D eigenvalue weighted by Crippen LogP contribution is -2.17. The first kappa shape index (κ1) is 13.6. The van der Waals surface area contributed by atoms with E-state index in [0.29, 0.717) is 17.0 Å². The van der Waals surface area contributed by atoms with Crippen LogP contribution in [0, 0.1) is 25.2 Å². The smallest absolute Gasteiger partial charge is 0.410 e. The molecule has 2 rings (SSSR count). The van der Waals surface area contributed by atoms with Crippen molar-refractivity contribution < 1.29 is 9.53 Å². The Morgan fingerprint density at radius 2 is 1.75 bits per heavy atom. The maximum Gasteiger partial charge on any atom is 0.417 e. The van der Waals surface area contributed by atoms with Crippen molar-refractivity contribution in [1.82, 2.24) is 0 Å². The van der Waals surface area contributed by atoms with Crippen LogP contribution in [0.5, 0.6) is 5.75 Å². The molecule has 0 aliphatic carbocycles. The quantitative estimate of drug-likeness (QED) is 0.899. The van der Waals surface area contributed by atoms with Crippen LogP contribution in [-0.4, -0.2) is 6.09 Å². The SMILES string of the molecule is Cc1cc(NC(=O)Oc2ccccc2)cc(C)c1C#N. The molecule has 0 unspecified atom stereocenters. The Hall–Kier alpha value is -2.80. The second-order valence-corrected chi connectivity index (χ2v) is 4.42. The molecule has 0 spiro atoms. The van der Waals surface area contributed by atoms with Crippen molar-refractivity contribution in [2.24, 2.45) is 0 Å². The molecule has 0 fully saturated rings. The summed E-state index contributed by atoms with van der Waals surface area (Å²) in [6.45, 7) is 3.67. The number of nitrogens with zero attached hydrogens (tertiary/aromatic N) is 1. The minimum Gasteiger partial charge on any atom is -0.410 e. The largest absolute Gasteiger partial charge is 0.417 e. The Morgan fingerprint density at radius 1 is 1.15 bits per heavy atom. The molecule has 20 heavy (non-hydrogen) atoms. The predicted octanol–water partition coefficient (Wildman–Crippen LogP) is 3.79. The summed E-state index contributed by atoms with van der Waals surface area (Å²) >= 11 is 0. The highest BCUT2D eigenvalue weighted by molar-refractivity contribution is 5.86. The van der Waals surface area contributed by atoms with Gasteiger partial charge in [-0.25, -0.2) is 4.79 Å². The van der Waals surface area contributed by atoms with Gasteiger partial charge in [-0.3, -0.25) is 5.32 Å². The van der Waals surface area contributed by atoms with Gasteiger partial charge in [0.1, 0.15) is 5.75 Å². The third-order valence-corrected chi connectivity index (χ3v) is 2.84. The van der Waals surface area contributed by atoms with E-state index in [1.165, 1.54) is 0 Å². The fraction of sp³-hybridized carbons (Fsp3) is 0.125. The molecule has 0 radical (unpaired) electrons. The Bertz CT molecular complexity index is 650. The van der Waals surface area contributed by atoms with E-state index < -0.39 is 6.09 Å². The molecule has 0 aliphatic heterocycles. The summed E-state index contributed by atoms with van der Waals surface area (Å²) in [7, 11) is 0. The zero-order valence-electron chi connectivity index (χ0n) is 11.3. The topological polar surface area (TPSA) is 62.1 Å². The Labute approximate surface area is 117 Å². The number of carbonyl (C=O) groups is 1. The molecule has 4 nitrogen and oxygen atoms in total. The van der Waals surface area contributed by atoms with Crippen LogP contribution >= 0.6 is 0 Å². The van der Waals surface area contributed by atoms with E-state index in [0.717, 1.165) is 11.1 Å². The summed E-state index contributed by atoms with van der Waals surface area (Å²) in [5, 5.41) is 11.7. The van der Waals surface area contributed by atoms with Crippen molar-refractivity contribution in [3.05, 3.63) is 59.2 Å². The average Bonchev–Trinajstić information content (AvgIpc) is 2.39. The lowest BCUT2D eigenvalue weighted by molar-refractivity contribution is 0.215. The van der Waals surface area contributed by atoms with Gasteiger partial charge in [0.2, 0.25) is 0 Å². The minimum atomic E-state index is -0.556. The minimum absolute atomic E-state index is 0.479. The summed E-state index contributed by atoms with van der Waals surface area (Å²) in [4.78, 5) is 11.8. The van der Waals surface area contributed by atoms with E-state index >= 15 is 0 Å². The lowest BCUT2D eigenvalue weighted by Gasteiger charge is -2.09. The van der Waals surface area contributed by atoms with Gasteiger partial charge in [-0.1, -0.05) is 18.2 Å². The standard InChI is InChI=1S/C16H14N2O2/c1-11-8-13(9-12(2)15(11)10-17)18-16(19)20-14-6-4-3-5-7-14/h3-9H,1-2H3,(H,18,19). The molecule has 0 atom stereocenters. The second kappa shape index (κ2) is 5.89. The van der Waals surface area contributed by atoms with Crippen molar-refractivity contribution >= 4 is 11.8 Å². The molecule has 100 valence electrons. The number of ether oxygens (including phenoxy) is 1. The van der Waals surface area contributed by atoms with Crippen LogP contribution < -0.4 is 10.1 Å². The van der Waals surface area contributed by atoms with Crippen LogP contribution in [0.4, 0.5) is 10.5 Å². The first-order valence-corrected chi connectivity index (χ1v) is 6.15. The van der Waals surface area contributed by atoms with E-state index in [9.17, 15) is 4.79 Å². The molecule has 0 aromatic heterocycles. The van der Waals surface area contributed by atoms with Crippen LogP contribution in [0.25, 0.3) is 0 Å². The number of para-hydroxylation sites is 1. The molecule has 0 saturated carbocycles. The molecule has 2 aromatic carbocycles. The van der Waals surface area contributed by atoms with Gasteiger partial charge >= 0.3 is 6.09 Å². The normalized spacial score (nSPS) is 9.65. The van der Waals surface area contributed by atoms with Crippen molar-refractivity contribution in [2.75, 3.05) is 5.32 Å². The summed E-state index contributed by atoms with van der Waals surface area (Å²) in [5.41, 5.74) is 2.89. The highest BCUT2D eigenvalue weighted by Gasteiger charge is 2.08. The fourth-order valence-electron chi connectivity index (χ4n) is 1.95. The highest BCUT2D eigenvalue weighted by Crippen LogP contribution is 2.19. The number of hydrogen-bond acceptors (Lipinski definition) is 3. The van der Waals surface area contributed by atoms with Gasteiger partial charge in [0, 0.05) is 5.69 Å². The van der Waals surface area contributed by atoms with E-state index in [-0.39, 0.29) is 0 Å². The zero-order valence-corrected chi connectivity index (χ0v) is 11.3. The molecule has 0 bridgehead atoms. The number of aryl methyl sites for hydroxylation is 2. The van der Waals surface area contributed by atoms with Gasteiger partial charge in [0.25, 0.3) is 0 Å². The maximum atomic E-state index is 11.8. The molecule has 0 aliphatic rings. The van der Waals surface area contributed by atoms with Gasteiger partial charge in [-0.05, 0) is 49.2 Å². The number of rotatable bonds is 2. The van der Waals surface area contributed by atoms with Crippen molar-refractivity contribution in [3.63, 3.8) is 0 Å². The van der Waals surface area contributed by atoms with E-state index in [1.807, 2.05) is 19.9 Å². The molecule has 1 amide bonds. The molecule has 0 saturated heterocycles. The molecule has 1 N–H and O–H groups in total. The monoisotopic (exact) mass is 266 g/mol. The van der Waals surface area contributed by atoms with Crippen molar-refractivity contribution in [1.29, 1.82) is 5.26 Å². The molecule has 0 heterocycles. The van der Waals surface area contributed by atoms with E-state index in [4.69, 9.17) is 10.00 Å². The first-order valence-electron chi connectivity index (χ1n) is 6.15. The third-order valence-electron chi connectivity index (χ3n) is 2.84. The van der Waals surface area contributed by atoms with Crippen molar-refractivity contribution in [3.8, 4) is 11.8 Å². The number of nitrogens with one attached hydrogen (secondary N) is 1. The van der Waals surface area contributed by atoms with Crippen LogP contribution in [-0.2, 0) is 0 Å². The van der Waals surface area contributed by atoms with E-state index in [2.05, 4.69) is 11.4 Å². The molecule has 2 aromatic rings.